The zero-order valence-corrected chi connectivity index (χ0v) is 13.9. The van der Waals surface area contributed by atoms with Crippen LogP contribution in [-0.2, 0) is 9.47 Å². The van der Waals surface area contributed by atoms with E-state index >= 15 is 0 Å². The molecule has 0 heterocycles. The first-order valence-electron chi connectivity index (χ1n) is 7.24. The van der Waals surface area contributed by atoms with Gasteiger partial charge in [0.2, 0.25) is 0 Å². The molecule has 0 radical (unpaired) electrons. The van der Waals surface area contributed by atoms with E-state index < -0.39 is 0 Å². The lowest BCUT2D eigenvalue weighted by Crippen LogP contribution is -1.98. The Morgan fingerprint density at radius 1 is 0.875 bits per heavy atom. The average Bonchev–Trinajstić information content (AvgIpc) is 2.65. The van der Waals surface area contributed by atoms with Gasteiger partial charge < -0.3 is 18.9 Å². The summed E-state index contributed by atoms with van der Waals surface area (Å²) in [6.07, 6.45) is 2.55. The van der Waals surface area contributed by atoms with Crippen LogP contribution in [0.5, 0.6) is 11.5 Å². The lowest BCUT2D eigenvalue weighted by Gasteiger charge is -2.04. The van der Waals surface area contributed by atoms with Crippen LogP contribution in [0.15, 0.2) is 55.1 Å². The topological polar surface area (TPSA) is 54.0 Å². The summed E-state index contributed by atoms with van der Waals surface area (Å²) in [6, 6.07) is 14.6. The normalized spacial score (nSPS) is 9.42. The molecule has 5 nitrogen and oxygen atoms in total. The molecule has 0 fully saturated rings. The van der Waals surface area contributed by atoms with E-state index in [1.165, 1.54) is 0 Å². The number of carbonyl (C=O) groups is 1. The van der Waals surface area contributed by atoms with Crippen LogP contribution in [0.2, 0.25) is 0 Å². The summed E-state index contributed by atoms with van der Waals surface area (Å²) < 4.78 is 19.8. The first-order valence-corrected chi connectivity index (χ1v) is 7.24. The Kier molecular flexibility index (Phi) is 9.61. The van der Waals surface area contributed by atoms with Gasteiger partial charge in [-0.15, -0.1) is 0 Å². The standard InChI is InChI=1S/C10H12O2.C9H10O3/c1-3-9-5-4-6-10(7-9)12-8-11-2;1-11-7-12-9-4-2-3-8(5-9)6-10/h3-7H,1,8H2,2H3;2-6H,7H2,1H3. The van der Waals surface area contributed by atoms with Crippen molar-refractivity contribution in [2.75, 3.05) is 27.8 Å². The van der Waals surface area contributed by atoms with Gasteiger partial charge in [-0.1, -0.05) is 36.9 Å². The van der Waals surface area contributed by atoms with E-state index in [0.29, 0.717) is 11.3 Å². The van der Waals surface area contributed by atoms with Gasteiger partial charge in [-0.3, -0.25) is 4.79 Å². The molecule has 0 N–H and O–H groups in total. The summed E-state index contributed by atoms with van der Waals surface area (Å²) in [5.74, 6) is 1.44. The van der Waals surface area contributed by atoms with Gasteiger partial charge >= 0.3 is 0 Å². The second-order valence-corrected chi connectivity index (χ2v) is 4.57. The van der Waals surface area contributed by atoms with Crippen LogP contribution in [0, 0.1) is 0 Å². The Bertz CT molecular complexity index is 569. The molecule has 5 heteroatoms. The summed E-state index contributed by atoms with van der Waals surface area (Å²) in [5, 5.41) is 0. The fourth-order valence-electron chi connectivity index (χ4n) is 1.66. The predicted molar refractivity (Wildman–Crippen MR) is 93.4 cm³/mol. The maximum absolute atomic E-state index is 10.3. The quantitative estimate of drug-likeness (QED) is 0.544. The summed E-state index contributed by atoms with van der Waals surface area (Å²) in [4.78, 5) is 10.3. The average molecular weight is 330 g/mol. The van der Waals surface area contributed by atoms with Gasteiger partial charge in [-0.2, -0.15) is 0 Å². The van der Waals surface area contributed by atoms with Crippen molar-refractivity contribution in [2.24, 2.45) is 0 Å². The Labute approximate surface area is 142 Å². The number of aldehydes is 1. The molecule has 2 aromatic carbocycles. The molecular weight excluding hydrogens is 308 g/mol. The van der Waals surface area contributed by atoms with E-state index in [4.69, 9.17) is 18.9 Å². The summed E-state index contributed by atoms with van der Waals surface area (Å²) in [5.41, 5.74) is 1.65. The second-order valence-electron chi connectivity index (χ2n) is 4.57. The van der Waals surface area contributed by atoms with Crippen LogP contribution in [0.3, 0.4) is 0 Å². The number of ether oxygens (including phenoxy) is 4. The van der Waals surface area contributed by atoms with Gasteiger partial charge in [-0.05, 0) is 29.8 Å². The summed E-state index contributed by atoms with van der Waals surface area (Å²) in [7, 11) is 3.14. The molecule has 0 saturated heterocycles. The largest absolute Gasteiger partial charge is 0.468 e. The molecular formula is C19H22O5. The van der Waals surface area contributed by atoms with Crippen molar-refractivity contribution in [1.29, 1.82) is 0 Å². The maximum Gasteiger partial charge on any atom is 0.188 e. The third-order valence-electron chi connectivity index (χ3n) is 2.77. The first-order chi connectivity index (χ1) is 11.7. The second kappa shape index (κ2) is 11.9. The van der Waals surface area contributed by atoms with E-state index in [-0.39, 0.29) is 13.6 Å². The molecule has 0 aliphatic carbocycles. The van der Waals surface area contributed by atoms with Crippen molar-refractivity contribution in [1.82, 2.24) is 0 Å². The highest BCUT2D eigenvalue weighted by atomic mass is 16.7. The van der Waals surface area contributed by atoms with Crippen LogP contribution in [-0.4, -0.2) is 34.1 Å². The lowest BCUT2D eigenvalue weighted by molar-refractivity contribution is 0.0509. The fourth-order valence-corrected chi connectivity index (χ4v) is 1.66. The van der Waals surface area contributed by atoms with Crippen molar-refractivity contribution < 1.29 is 23.7 Å². The molecule has 0 aliphatic rings. The molecule has 24 heavy (non-hydrogen) atoms. The molecule has 2 rings (SSSR count). The Morgan fingerprint density at radius 2 is 1.38 bits per heavy atom. The summed E-state index contributed by atoms with van der Waals surface area (Å²) in [6.45, 7) is 4.14. The highest BCUT2D eigenvalue weighted by Crippen LogP contribution is 2.13. The highest BCUT2D eigenvalue weighted by molar-refractivity contribution is 5.75. The summed E-state index contributed by atoms with van der Waals surface area (Å²) >= 11 is 0. The van der Waals surface area contributed by atoms with Gasteiger partial charge in [0.15, 0.2) is 13.6 Å². The number of benzene rings is 2. The Hall–Kier alpha value is -2.63. The SMILES string of the molecule is C=Cc1cccc(OCOC)c1.COCOc1cccc(C=O)c1. The van der Waals surface area contributed by atoms with Crippen molar-refractivity contribution in [2.45, 2.75) is 0 Å². The number of methoxy groups -OCH3 is 2. The van der Waals surface area contributed by atoms with Gasteiger partial charge in [0.1, 0.15) is 17.8 Å². The Morgan fingerprint density at radius 3 is 1.83 bits per heavy atom. The van der Waals surface area contributed by atoms with Crippen LogP contribution in [0.4, 0.5) is 0 Å². The van der Waals surface area contributed by atoms with Crippen molar-refractivity contribution >= 4 is 12.4 Å². The first kappa shape index (κ1) is 19.4. The smallest absolute Gasteiger partial charge is 0.188 e. The number of rotatable bonds is 8. The Balaban J connectivity index is 0.000000240. The fraction of sp³-hybridized carbons (Fsp3) is 0.211. The third kappa shape index (κ3) is 7.58. The molecule has 0 spiro atoms. The lowest BCUT2D eigenvalue weighted by atomic mass is 10.2. The molecule has 0 aliphatic heterocycles. The highest BCUT2D eigenvalue weighted by Gasteiger charge is 1.94. The van der Waals surface area contributed by atoms with Gasteiger partial charge in [0, 0.05) is 19.8 Å². The van der Waals surface area contributed by atoms with Gasteiger partial charge in [0.05, 0.1) is 0 Å². The van der Waals surface area contributed by atoms with Crippen molar-refractivity contribution in [3.63, 3.8) is 0 Å². The minimum Gasteiger partial charge on any atom is -0.468 e. The van der Waals surface area contributed by atoms with Crippen molar-refractivity contribution in [3.8, 4) is 11.5 Å². The van der Waals surface area contributed by atoms with E-state index in [2.05, 4.69) is 6.58 Å². The third-order valence-corrected chi connectivity index (χ3v) is 2.77. The van der Waals surface area contributed by atoms with Crippen LogP contribution in [0.25, 0.3) is 6.08 Å². The zero-order chi connectivity index (χ0) is 17.6. The molecule has 0 bridgehead atoms. The monoisotopic (exact) mass is 330 g/mol. The zero-order valence-electron chi connectivity index (χ0n) is 13.9. The van der Waals surface area contributed by atoms with Crippen molar-refractivity contribution in [3.05, 3.63) is 66.2 Å². The maximum atomic E-state index is 10.3. The van der Waals surface area contributed by atoms with Gasteiger partial charge in [-0.25, -0.2) is 0 Å². The van der Waals surface area contributed by atoms with Gasteiger partial charge in [0.25, 0.3) is 0 Å². The predicted octanol–water partition coefficient (Wildman–Crippen LogP) is 3.79. The molecule has 0 unspecified atom stereocenters. The molecule has 128 valence electrons. The number of hydrogen-bond acceptors (Lipinski definition) is 5. The molecule has 0 aromatic heterocycles. The van der Waals surface area contributed by atoms with E-state index in [1.807, 2.05) is 24.3 Å². The van der Waals surface area contributed by atoms with Crippen LogP contribution < -0.4 is 9.47 Å². The van der Waals surface area contributed by atoms with Crippen LogP contribution >= 0.6 is 0 Å². The minimum absolute atomic E-state index is 0.197. The molecule has 0 amide bonds. The number of hydrogen-bond donors (Lipinski definition) is 0. The number of carbonyl (C=O) groups excluding carboxylic acids is 1. The minimum atomic E-state index is 0.197. The van der Waals surface area contributed by atoms with Crippen LogP contribution in [0.1, 0.15) is 15.9 Å². The molecule has 0 saturated carbocycles. The van der Waals surface area contributed by atoms with E-state index in [0.717, 1.165) is 17.6 Å². The molecule has 2 aromatic rings. The van der Waals surface area contributed by atoms with E-state index in [9.17, 15) is 4.79 Å². The van der Waals surface area contributed by atoms with E-state index in [1.54, 1.807) is 44.6 Å². The molecule has 0 atom stereocenters.